The van der Waals surface area contributed by atoms with Crippen LogP contribution in [0.4, 0.5) is 17.1 Å². The van der Waals surface area contributed by atoms with E-state index in [-0.39, 0.29) is 34.5 Å². The summed E-state index contributed by atoms with van der Waals surface area (Å²) in [5.74, 6) is -1.04. The van der Waals surface area contributed by atoms with Crippen LogP contribution in [0.5, 0.6) is 0 Å². The zero-order valence-electron chi connectivity index (χ0n) is 15.0. The summed E-state index contributed by atoms with van der Waals surface area (Å²) in [5.41, 5.74) is 1.25. The molecule has 2 aromatic rings. The van der Waals surface area contributed by atoms with Crippen LogP contribution in [0.25, 0.3) is 0 Å². The fraction of sp³-hybridized carbons (Fsp3) is 0.278. The van der Waals surface area contributed by atoms with Crippen molar-refractivity contribution < 1.29 is 25.0 Å². The summed E-state index contributed by atoms with van der Waals surface area (Å²) >= 11 is 3.15. The normalized spacial score (nSPS) is 18.9. The predicted molar refractivity (Wildman–Crippen MR) is 108 cm³/mol. The number of carbonyl (C=O) groups is 1. The molecule has 1 aliphatic heterocycles. The highest BCUT2D eigenvalue weighted by Gasteiger charge is 2.33. The Bertz CT molecular complexity index is 926. The van der Waals surface area contributed by atoms with Crippen LogP contribution < -0.4 is 16.0 Å². The summed E-state index contributed by atoms with van der Waals surface area (Å²) in [4.78, 5) is 22.5. The van der Waals surface area contributed by atoms with Gasteiger partial charge in [-0.1, -0.05) is 30.3 Å². The van der Waals surface area contributed by atoms with Gasteiger partial charge in [0.2, 0.25) is 0 Å². The van der Waals surface area contributed by atoms with Crippen molar-refractivity contribution in [3.8, 4) is 0 Å². The largest absolute Gasteiger partial charge is 0.480 e. The van der Waals surface area contributed by atoms with E-state index in [1.165, 1.54) is 6.07 Å². The Morgan fingerprint density at radius 1 is 1.21 bits per heavy atom. The number of aliphatic carboxylic acids is 1. The molecule has 0 spiro atoms. The zero-order valence-corrected chi connectivity index (χ0v) is 16.6. The number of anilines is 2. The number of nitro benzene ring substituents is 1. The van der Waals surface area contributed by atoms with Crippen LogP contribution in [0.15, 0.2) is 40.9 Å². The molecule has 1 heterocycles. The number of aliphatic hydroxyl groups excluding tert-OH is 2. The fourth-order valence-corrected chi connectivity index (χ4v) is 3.72. The number of halogens is 1. The summed E-state index contributed by atoms with van der Waals surface area (Å²) in [5, 5.41) is 48.7. The van der Waals surface area contributed by atoms with E-state index in [2.05, 4.69) is 31.9 Å². The van der Waals surface area contributed by atoms with E-state index >= 15 is 0 Å². The van der Waals surface area contributed by atoms with Crippen LogP contribution in [0.2, 0.25) is 0 Å². The van der Waals surface area contributed by atoms with Crippen LogP contribution in [0, 0.1) is 10.1 Å². The number of carboxylic acids is 1. The highest BCUT2D eigenvalue weighted by atomic mass is 79.9. The van der Waals surface area contributed by atoms with Crippen molar-refractivity contribution >= 4 is 39.0 Å². The minimum atomic E-state index is -1.44. The minimum absolute atomic E-state index is 0.00825. The van der Waals surface area contributed by atoms with Gasteiger partial charge in [-0.25, -0.2) is 0 Å². The van der Waals surface area contributed by atoms with E-state index in [0.29, 0.717) is 5.56 Å². The maximum Gasteiger partial charge on any atom is 0.321 e. The first-order chi connectivity index (χ1) is 13.8. The highest BCUT2D eigenvalue weighted by Crippen LogP contribution is 2.43. The van der Waals surface area contributed by atoms with Gasteiger partial charge in [0.15, 0.2) is 12.5 Å². The number of rotatable bonds is 7. The smallest absolute Gasteiger partial charge is 0.321 e. The first kappa shape index (κ1) is 21.0. The molecule has 0 radical (unpaired) electrons. The molecule has 2 aromatic carbocycles. The molecule has 154 valence electrons. The molecule has 3 atom stereocenters. The second-order valence-corrected chi connectivity index (χ2v) is 7.37. The third-order valence-corrected chi connectivity index (χ3v) is 5.13. The van der Waals surface area contributed by atoms with Gasteiger partial charge in [-0.05, 0) is 39.5 Å². The quantitative estimate of drug-likeness (QED) is 0.263. The molecule has 0 fully saturated rings. The Morgan fingerprint density at radius 3 is 2.41 bits per heavy atom. The molecule has 11 heteroatoms. The van der Waals surface area contributed by atoms with E-state index in [1.54, 1.807) is 0 Å². The van der Waals surface area contributed by atoms with Crippen molar-refractivity contribution in [3.63, 3.8) is 0 Å². The molecular formula is C18H19BrN4O6. The molecule has 29 heavy (non-hydrogen) atoms. The average Bonchev–Trinajstić information content (AvgIpc) is 2.66. The van der Waals surface area contributed by atoms with Crippen LogP contribution in [-0.2, 0) is 17.8 Å². The van der Waals surface area contributed by atoms with Crippen LogP contribution >= 0.6 is 15.9 Å². The molecule has 2 unspecified atom stereocenters. The molecule has 0 saturated heterocycles. The van der Waals surface area contributed by atoms with E-state index in [9.17, 15) is 30.2 Å². The van der Waals surface area contributed by atoms with Crippen molar-refractivity contribution in [2.75, 3.05) is 10.6 Å². The average molecular weight is 467 g/mol. The lowest BCUT2D eigenvalue weighted by Crippen LogP contribution is -2.44. The van der Waals surface area contributed by atoms with Crippen molar-refractivity contribution in [1.29, 1.82) is 0 Å². The number of nitro groups is 1. The van der Waals surface area contributed by atoms with Gasteiger partial charge in [0, 0.05) is 6.54 Å². The van der Waals surface area contributed by atoms with Crippen LogP contribution in [0.3, 0.4) is 0 Å². The standard InChI is InChI=1S/C18H19BrN4O6/c19-11-7-10(8-20-12(18(26)27)6-9-4-2-1-3-5-9)13-14(15(11)23(28)29)22-17(25)16(24)21-13/h1-5,7,12,16-17,20-22,24-25H,6,8H2,(H,26,27)/t12-,16?,17?/m0/s1. The molecule has 0 bridgehead atoms. The van der Waals surface area contributed by atoms with Gasteiger partial charge in [0.1, 0.15) is 11.7 Å². The van der Waals surface area contributed by atoms with E-state index in [1.807, 2.05) is 30.3 Å². The number of nitrogens with zero attached hydrogens (tertiary/aromatic N) is 1. The molecule has 0 saturated carbocycles. The van der Waals surface area contributed by atoms with Crippen molar-refractivity contribution in [2.24, 2.45) is 0 Å². The lowest BCUT2D eigenvalue weighted by Gasteiger charge is -2.31. The van der Waals surface area contributed by atoms with Crippen molar-refractivity contribution in [2.45, 2.75) is 31.5 Å². The number of hydrogen-bond acceptors (Lipinski definition) is 8. The lowest BCUT2D eigenvalue weighted by molar-refractivity contribution is -0.384. The summed E-state index contributed by atoms with van der Waals surface area (Å²) < 4.78 is 0.158. The Balaban J connectivity index is 1.88. The molecule has 0 aliphatic carbocycles. The monoisotopic (exact) mass is 466 g/mol. The molecule has 0 amide bonds. The number of carboxylic acid groups (broad SMARTS) is 1. The Morgan fingerprint density at radius 2 is 1.83 bits per heavy atom. The second-order valence-electron chi connectivity index (χ2n) is 6.51. The first-order valence-corrected chi connectivity index (χ1v) is 9.46. The number of aliphatic hydroxyl groups is 2. The Hall–Kier alpha value is -2.73. The van der Waals surface area contributed by atoms with E-state index in [0.717, 1.165) is 5.56 Å². The SMILES string of the molecule is O=C(O)[C@H](Cc1ccccc1)NCc1cc(Br)c([N+](=O)[O-])c2c1NC(O)C(O)N2. The number of benzene rings is 2. The molecule has 6 N–H and O–H groups in total. The molecule has 1 aliphatic rings. The Labute approximate surface area is 173 Å². The second kappa shape index (κ2) is 8.74. The van der Waals surface area contributed by atoms with Gasteiger partial charge in [0.05, 0.1) is 15.1 Å². The van der Waals surface area contributed by atoms with Gasteiger partial charge in [-0.2, -0.15) is 0 Å². The van der Waals surface area contributed by atoms with Gasteiger partial charge in [-0.3, -0.25) is 20.2 Å². The third kappa shape index (κ3) is 4.65. The third-order valence-electron chi connectivity index (χ3n) is 4.52. The minimum Gasteiger partial charge on any atom is -0.480 e. The topological polar surface area (TPSA) is 157 Å². The van der Waals surface area contributed by atoms with Crippen LogP contribution in [0.1, 0.15) is 11.1 Å². The molecule has 3 rings (SSSR count). The summed E-state index contributed by atoms with van der Waals surface area (Å²) in [6.07, 6.45) is -2.58. The van der Waals surface area contributed by atoms with Gasteiger partial charge < -0.3 is 26.0 Å². The number of hydrogen-bond donors (Lipinski definition) is 6. The van der Waals surface area contributed by atoms with Crippen molar-refractivity contribution in [1.82, 2.24) is 5.32 Å². The highest BCUT2D eigenvalue weighted by molar-refractivity contribution is 9.10. The van der Waals surface area contributed by atoms with Crippen molar-refractivity contribution in [3.05, 3.63) is 62.1 Å². The molecule has 0 aromatic heterocycles. The fourth-order valence-electron chi connectivity index (χ4n) is 3.10. The number of fused-ring (bicyclic) bond motifs is 1. The van der Waals surface area contributed by atoms with Crippen LogP contribution in [-0.4, -0.2) is 44.7 Å². The van der Waals surface area contributed by atoms with Gasteiger partial charge in [0.25, 0.3) is 0 Å². The zero-order chi connectivity index (χ0) is 21.1. The maximum absolute atomic E-state index is 11.7. The first-order valence-electron chi connectivity index (χ1n) is 8.67. The summed E-state index contributed by atoms with van der Waals surface area (Å²) in [6.45, 7) is 0.0558. The number of nitrogens with one attached hydrogen (secondary N) is 3. The maximum atomic E-state index is 11.7. The summed E-state index contributed by atoms with van der Waals surface area (Å²) in [6, 6.07) is 9.71. The predicted octanol–water partition coefficient (Wildman–Crippen LogP) is 1.62. The summed E-state index contributed by atoms with van der Waals surface area (Å²) in [7, 11) is 0. The van der Waals surface area contributed by atoms with Gasteiger partial charge in [-0.15, -0.1) is 0 Å². The van der Waals surface area contributed by atoms with E-state index in [4.69, 9.17) is 0 Å². The van der Waals surface area contributed by atoms with Gasteiger partial charge >= 0.3 is 11.7 Å². The molecule has 10 nitrogen and oxygen atoms in total. The lowest BCUT2D eigenvalue weighted by atomic mass is 10.0. The Kier molecular flexibility index (Phi) is 6.33. The van der Waals surface area contributed by atoms with E-state index < -0.39 is 29.4 Å². The molecular weight excluding hydrogens is 448 g/mol.